The first-order valence-electron chi connectivity index (χ1n) is 9.08. The maximum Gasteiger partial charge on any atom is 0.277 e. The average molecular weight is 382 g/mol. The molecule has 8 heteroatoms. The van der Waals surface area contributed by atoms with E-state index >= 15 is 0 Å². The number of anilines is 1. The van der Waals surface area contributed by atoms with Gasteiger partial charge in [0.2, 0.25) is 0 Å². The summed E-state index contributed by atoms with van der Waals surface area (Å²) in [7, 11) is 0. The molecule has 3 rings (SSSR count). The third-order valence-corrected chi connectivity index (χ3v) is 4.45. The number of hydrogen-bond donors (Lipinski definition) is 1. The molecular weight excluding hydrogens is 360 g/mol. The second-order valence-electron chi connectivity index (χ2n) is 6.59. The number of benzene rings is 2. The van der Waals surface area contributed by atoms with Gasteiger partial charge in [-0.25, -0.2) is 5.43 Å². The Kier molecular flexibility index (Phi) is 6.21. The van der Waals surface area contributed by atoms with Gasteiger partial charge in [0, 0.05) is 36.5 Å². The molecule has 1 saturated heterocycles. The van der Waals surface area contributed by atoms with Crippen molar-refractivity contribution < 1.29 is 14.5 Å². The Morgan fingerprint density at radius 3 is 2.64 bits per heavy atom. The van der Waals surface area contributed by atoms with E-state index in [-0.39, 0.29) is 12.3 Å². The Balaban J connectivity index is 1.63. The predicted molar refractivity (Wildman–Crippen MR) is 107 cm³/mol. The van der Waals surface area contributed by atoms with Crippen LogP contribution in [0.25, 0.3) is 0 Å². The summed E-state index contributed by atoms with van der Waals surface area (Å²) in [6.45, 7) is 3.59. The molecule has 2 aromatic rings. The molecule has 1 fully saturated rings. The molecule has 1 aliphatic rings. The zero-order valence-electron chi connectivity index (χ0n) is 15.6. The lowest BCUT2D eigenvalue weighted by molar-refractivity contribution is -0.384. The van der Waals surface area contributed by atoms with Gasteiger partial charge in [0.15, 0.2) is 6.61 Å². The van der Waals surface area contributed by atoms with E-state index in [1.54, 1.807) is 18.2 Å². The molecule has 146 valence electrons. The van der Waals surface area contributed by atoms with Crippen LogP contribution in [0.1, 0.15) is 24.0 Å². The van der Waals surface area contributed by atoms with Gasteiger partial charge >= 0.3 is 0 Å². The van der Waals surface area contributed by atoms with Gasteiger partial charge in [-0.2, -0.15) is 5.10 Å². The first-order chi connectivity index (χ1) is 13.5. The van der Waals surface area contributed by atoms with E-state index in [1.165, 1.54) is 18.3 Å². The highest BCUT2D eigenvalue weighted by molar-refractivity contribution is 5.90. The van der Waals surface area contributed by atoms with Crippen molar-refractivity contribution in [3.8, 4) is 5.75 Å². The normalized spacial score (nSPS) is 13.7. The van der Waals surface area contributed by atoms with Crippen LogP contribution in [0.4, 0.5) is 11.4 Å². The molecule has 0 radical (unpaired) electrons. The lowest BCUT2D eigenvalue weighted by Gasteiger charge is -2.19. The van der Waals surface area contributed by atoms with Gasteiger partial charge in [-0.3, -0.25) is 14.9 Å². The van der Waals surface area contributed by atoms with Gasteiger partial charge in [0.25, 0.3) is 11.6 Å². The fourth-order valence-corrected chi connectivity index (χ4v) is 2.99. The van der Waals surface area contributed by atoms with Crippen LogP contribution >= 0.6 is 0 Å². The number of hydrogen-bond acceptors (Lipinski definition) is 6. The largest absolute Gasteiger partial charge is 0.484 e. The highest BCUT2D eigenvalue weighted by Gasteiger charge is 2.17. The van der Waals surface area contributed by atoms with Crippen LogP contribution in [0.3, 0.4) is 0 Å². The maximum atomic E-state index is 11.9. The molecule has 0 aromatic heterocycles. The zero-order chi connectivity index (χ0) is 19.9. The standard InChI is InChI=1S/C20H22N4O4/c1-15-4-7-18(8-5-15)28-14-20(25)22-21-13-16-12-17(24(26)27)6-9-19(16)23-10-2-3-11-23/h4-9,12-13H,2-3,10-11,14H2,1H3,(H,22,25)/b21-13+. The second-order valence-corrected chi connectivity index (χ2v) is 6.59. The van der Waals surface area contributed by atoms with Gasteiger partial charge in [-0.1, -0.05) is 17.7 Å². The summed E-state index contributed by atoms with van der Waals surface area (Å²) in [6.07, 6.45) is 3.60. The number of rotatable bonds is 7. The number of carbonyl (C=O) groups is 1. The minimum atomic E-state index is -0.445. The Morgan fingerprint density at radius 1 is 1.25 bits per heavy atom. The molecule has 0 spiro atoms. The molecule has 1 amide bonds. The summed E-state index contributed by atoms with van der Waals surface area (Å²) in [5, 5.41) is 15.0. The van der Waals surface area contributed by atoms with Gasteiger partial charge < -0.3 is 9.64 Å². The molecule has 0 saturated carbocycles. The fourth-order valence-electron chi connectivity index (χ4n) is 2.99. The molecule has 0 unspecified atom stereocenters. The van der Waals surface area contributed by atoms with E-state index in [2.05, 4.69) is 15.4 Å². The summed E-state index contributed by atoms with van der Waals surface area (Å²) < 4.78 is 5.40. The number of aryl methyl sites for hydroxylation is 1. The highest BCUT2D eigenvalue weighted by atomic mass is 16.6. The topological polar surface area (TPSA) is 97.1 Å². The second kappa shape index (κ2) is 8.98. The summed E-state index contributed by atoms with van der Waals surface area (Å²) in [4.78, 5) is 24.7. The number of nitro groups is 1. The van der Waals surface area contributed by atoms with E-state index in [4.69, 9.17) is 4.74 Å². The number of non-ortho nitro benzene ring substituents is 1. The van der Waals surface area contributed by atoms with Crippen LogP contribution in [0.5, 0.6) is 5.75 Å². The molecular formula is C20H22N4O4. The van der Waals surface area contributed by atoms with E-state index < -0.39 is 10.8 Å². The third-order valence-electron chi connectivity index (χ3n) is 4.45. The van der Waals surface area contributed by atoms with E-state index in [0.717, 1.165) is 37.2 Å². The lowest BCUT2D eigenvalue weighted by Crippen LogP contribution is -2.25. The summed E-state index contributed by atoms with van der Waals surface area (Å²) in [6, 6.07) is 12.0. The summed E-state index contributed by atoms with van der Waals surface area (Å²) >= 11 is 0. The quantitative estimate of drug-likeness (QED) is 0.451. The van der Waals surface area contributed by atoms with Crippen molar-refractivity contribution in [3.05, 3.63) is 63.7 Å². The average Bonchev–Trinajstić information content (AvgIpc) is 3.22. The van der Waals surface area contributed by atoms with Crippen molar-refractivity contribution in [1.29, 1.82) is 0 Å². The number of nitrogens with one attached hydrogen (secondary N) is 1. The molecule has 0 aliphatic carbocycles. The lowest BCUT2D eigenvalue weighted by atomic mass is 10.1. The highest BCUT2D eigenvalue weighted by Crippen LogP contribution is 2.27. The van der Waals surface area contributed by atoms with Crippen LogP contribution in [0.2, 0.25) is 0 Å². The fraction of sp³-hybridized carbons (Fsp3) is 0.300. The van der Waals surface area contributed by atoms with Crippen LogP contribution in [-0.4, -0.2) is 36.7 Å². The van der Waals surface area contributed by atoms with Gasteiger partial charge in [0.05, 0.1) is 11.1 Å². The Labute approximate surface area is 163 Å². The number of nitrogens with zero attached hydrogens (tertiary/aromatic N) is 3. The number of amides is 1. The van der Waals surface area contributed by atoms with Crippen LogP contribution < -0.4 is 15.1 Å². The zero-order valence-corrected chi connectivity index (χ0v) is 15.6. The number of nitro benzene ring substituents is 1. The first-order valence-corrected chi connectivity index (χ1v) is 9.08. The molecule has 28 heavy (non-hydrogen) atoms. The van der Waals surface area contributed by atoms with E-state index in [0.29, 0.717) is 11.3 Å². The van der Waals surface area contributed by atoms with Crippen molar-refractivity contribution in [2.45, 2.75) is 19.8 Å². The molecule has 0 atom stereocenters. The Morgan fingerprint density at radius 2 is 1.96 bits per heavy atom. The molecule has 1 heterocycles. The van der Waals surface area contributed by atoms with E-state index in [1.807, 2.05) is 19.1 Å². The van der Waals surface area contributed by atoms with Crippen molar-refractivity contribution in [3.63, 3.8) is 0 Å². The van der Waals surface area contributed by atoms with E-state index in [9.17, 15) is 14.9 Å². The smallest absolute Gasteiger partial charge is 0.277 e. The van der Waals surface area contributed by atoms with Gasteiger partial charge in [-0.15, -0.1) is 0 Å². The monoisotopic (exact) mass is 382 g/mol. The van der Waals surface area contributed by atoms with Crippen molar-refractivity contribution in [1.82, 2.24) is 5.43 Å². The van der Waals surface area contributed by atoms with Crippen molar-refractivity contribution >= 4 is 23.5 Å². The number of carbonyl (C=O) groups excluding carboxylic acids is 1. The van der Waals surface area contributed by atoms with Gasteiger partial charge in [-0.05, 0) is 38.0 Å². The van der Waals surface area contributed by atoms with Crippen molar-refractivity contribution in [2.75, 3.05) is 24.6 Å². The predicted octanol–water partition coefficient (Wildman–Crippen LogP) is 3.03. The van der Waals surface area contributed by atoms with Gasteiger partial charge in [0.1, 0.15) is 5.75 Å². The summed E-state index contributed by atoms with van der Waals surface area (Å²) in [5.41, 5.74) is 4.95. The maximum absolute atomic E-state index is 11.9. The number of hydrazone groups is 1. The van der Waals surface area contributed by atoms with Crippen LogP contribution in [0.15, 0.2) is 47.6 Å². The minimum Gasteiger partial charge on any atom is -0.484 e. The molecule has 8 nitrogen and oxygen atoms in total. The van der Waals surface area contributed by atoms with Crippen LogP contribution in [0, 0.1) is 17.0 Å². The van der Waals surface area contributed by atoms with Crippen LogP contribution in [-0.2, 0) is 4.79 Å². The summed E-state index contributed by atoms with van der Waals surface area (Å²) in [5.74, 6) is 0.185. The molecule has 0 bridgehead atoms. The Hall–Kier alpha value is -3.42. The first kappa shape index (κ1) is 19.3. The molecule has 1 N–H and O–H groups in total. The Bertz CT molecular complexity index is 874. The number of ether oxygens (including phenoxy) is 1. The molecule has 2 aromatic carbocycles. The van der Waals surface area contributed by atoms with Crippen molar-refractivity contribution in [2.24, 2.45) is 5.10 Å². The SMILES string of the molecule is Cc1ccc(OCC(=O)N/N=C/c2cc([N+](=O)[O-])ccc2N2CCCC2)cc1. The molecule has 1 aliphatic heterocycles. The minimum absolute atomic E-state index is 0.0153. The third kappa shape index (κ3) is 5.06.